The molecular weight excluding hydrogens is 356 g/mol. The average molecular weight is 391 g/mol. The van der Waals surface area contributed by atoms with Crippen molar-refractivity contribution in [3.05, 3.63) is 15.6 Å². The van der Waals surface area contributed by atoms with Gasteiger partial charge in [0.25, 0.3) is 0 Å². The molecular formula is C21H34N4OS. The maximum atomic E-state index is 12.0. The first-order valence-electron chi connectivity index (χ1n) is 10.8. The summed E-state index contributed by atoms with van der Waals surface area (Å²) in [7, 11) is 0. The minimum absolute atomic E-state index is 0.153. The molecule has 2 fully saturated rings. The third-order valence-corrected chi connectivity index (χ3v) is 7.72. The summed E-state index contributed by atoms with van der Waals surface area (Å²) in [4.78, 5) is 23.6. The number of hydrogen-bond acceptors (Lipinski definition) is 5. The van der Waals surface area contributed by atoms with Gasteiger partial charge >= 0.3 is 0 Å². The van der Waals surface area contributed by atoms with Crippen molar-refractivity contribution >= 4 is 17.2 Å². The van der Waals surface area contributed by atoms with Gasteiger partial charge in [0.15, 0.2) is 0 Å². The second kappa shape index (κ2) is 8.58. The minimum atomic E-state index is 0.153. The van der Waals surface area contributed by atoms with Gasteiger partial charge < -0.3 is 5.32 Å². The molecule has 0 aromatic carbocycles. The smallest absolute Gasteiger partial charge is 0.234 e. The molecule has 1 amide bonds. The fourth-order valence-electron chi connectivity index (χ4n) is 4.60. The molecule has 2 aliphatic heterocycles. The summed E-state index contributed by atoms with van der Waals surface area (Å²) < 4.78 is 0. The largest absolute Gasteiger partial charge is 0.353 e. The number of nitrogens with zero attached hydrogens (tertiary/aromatic N) is 3. The summed E-state index contributed by atoms with van der Waals surface area (Å²) in [6.45, 7) is 9.01. The first-order chi connectivity index (χ1) is 13.1. The Hall–Kier alpha value is -0.980. The van der Waals surface area contributed by atoms with E-state index in [0.29, 0.717) is 12.5 Å². The Morgan fingerprint density at radius 2 is 1.89 bits per heavy atom. The van der Waals surface area contributed by atoms with E-state index in [1.54, 1.807) is 4.88 Å². The lowest BCUT2D eigenvalue weighted by atomic mass is 9.91. The lowest BCUT2D eigenvalue weighted by Crippen LogP contribution is -2.43. The Morgan fingerprint density at radius 3 is 2.56 bits per heavy atom. The highest BCUT2D eigenvalue weighted by atomic mass is 32.1. The molecule has 0 bridgehead atoms. The molecule has 3 heterocycles. The maximum absolute atomic E-state index is 12.0. The van der Waals surface area contributed by atoms with Gasteiger partial charge in [-0.1, -0.05) is 6.42 Å². The number of likely N-dealkylation sites (tertiary alicyclic amines) is 1. The molecule has 1 saturated heterocycles. The monoisotopic (exact) mass is 390 g/mol. The van der Waals surface area contributed by atoms with Crippen LogP contribution in [0.25, 0.3) is 0 Å². The SMILES string of the molecule is CC(C)NC(=O)CN1CCC(c2nc3c(s2)CCN(C2CCC2)CC3)CC1. The van der Waals surface area contributed by atoms with Crippen molar-refractivity contribution in [1.29, 1.82) is 0 Å². The third-order valence-electron chi connectivity index (χ3n) is 6.40. The molecule has 3 aliphatic rings. The average Bonchev–Trinajstić information content (AvgIpc) is 2.89. The van der Waals surface area contributed by atoms with E-state index in [0.717, 1.165) is 38.4 Å². The predicted molar refractivity (Wildman–Crippen MR) is 110 cm³/mol. The van der Waals surface area contributed by atoms with Crippen LogP contribution in [-0.4, -0.2) is 65.5 Å². The second-order valence-corrected chi connectivity index (χ2v) is 9.93. The van der Waals surface area contributed by atoms with Crippen LogP contribution in [0.5, 0.6) is 0 Å². The summed E-state index contributed by atoms with van der Waals surface area (Å²) in [5.41, 5.74) is 1.38. The van der Waals surface area contributed by atoms with E-state index in [-0.39, 0.29) is 11.9 Å². The van der Waals surface area contributed by atoms with E-state index in [4.69, 9.17) is 4.98 Å². The molecule has 4 rings (SSSR count). The minimum Gasteiger partial charge on any atom is -0.353 e. The van der Waals surface area contributed by atoms with E-state index in [1.165, 1.54) is 49.5 Å². The number of fused-ring (bicyclic) bond motifs is 1. The van der Waals surface area contributed by atoms with E-state index >= 15 is 0 Å². The zero-order valence-corrected chi connectivity index (χ0v) is 17.7. The molecule has 1 saturated carbocycles. The Labute approximate surface area is 167 Å². The van der Waals surface area contributed by atoms with Gasteiger partial charge in [0, 0.05) is 42.4 Å². The van der Waals surface area contributed by atoms with Crippen LogP contribution >= 0.6 is 11.3 Å². The van der Waals surface area contributed by atoms with Gasteiger partial charge in [-0.2, -0.15) is 0 Å². The molecule has 150 valence electrons. The highest BCUT2D eigenvalue weighted by Crippen LogP contribution is 2.35. The van der Waals surface area contributed by atoms with Gasteiger partial charge in [-0.15, -0.1) is 11.3 Å². The molecule has 1 aromatic heterocycles. The van der Waals surface area contributed by atoms with Crippen LogP contribution < -0.4 is 5.32 Å². The van der Waals surface area contributed by atoms with Gasteiger partial charge in [0.2, 0.25) is 5.91 Å². The van der Waals surface area contributed by atoms with Crippen molar-refractivity contribution < 1.29 is 4.79 Å². The molecule has 0 spiro atoms. The highest BCUT2D eigenvalue weighted by molar-refractivity contribution is 7.11. The zero-order chi connectivity index (χ0) is 18.8. The number of carbonyl (C=O) groups excluding carboxylic acids is 1. The number of rotatable bonds is 5. The Bertz CT molecular complexity index is 621. The Morgan fingerprint density at radius 1 is 1.15 bits per heavy atom. The number of thiazole rings is 1. The molecule has 1 aliphatic carbocycles. The van der Waals surface area contributed by atoms with Gasteiger partial charge in [0.1, 0.15) is 0 Å². The summed E-state index contributed by atoms with van der Waals surface area (Å²) in [5, 5.41) is 4.36. The van der Waals surface area contributed by atoms with E-state index in [1.807, 2.05) is 25.2 Å². The molecule has 27 heavy (non-hydrogen) atoms. The van der Waals surface area contributed by atoms with Crippen molar-refractivity contribution in [3.63, 3.8) is 0 Å². The molecule has 1 aromatic rings. The lowest BCUT2D eigenvalue weighted by molar-refractivity contribution is -0.123. The lowest BCUT2D eigenvalue weighted by Gasteiger charge is -2.36. The molecule has 5 nitrogen and oxygen atoms in total. The van der Waals surface area contributed by atoms with E-state index in [2.05, 4.69) is 15.1 Å². The topological polar surface area (TPSA) is 48.5 Å². The summed E-state index contributed by atoms with van der Waals surface area (Å²) >= 11 is 1.98. The molecule has 6 heteroatoms. The van der Waals surface area contributed by atoms with Crippen LogP contribution in [0.4, 0.5) is 0 Å². The van der Waals surface area contributed by atoms with E-state index in [9.17, 15) is 4.79 Å². The number of amides is 1. The molecule has 0 unspecified atom stereocenters. The van der Waals surface area contributed by atoms with Gasteiger partial charge in [-0.05, 0) is 59.0 Å². The Balaban J connectivity index is 1.28. The molecule has 0 atom stereocenters. The van der Waals surface area contributed by atoms with Gasteiger partial charge in [0.05, 0.1) is 17.2 Å². The van der Waals surface area contributed by atoms with Crippen LogP contribution in [0.1, 0.15) is 67.4 Å². The van der Waals surface area contributed by atoms with E-state index < -0.39 is 0 Å². The first-order valence-corrected chi connectivity index (χ1v) is 11.6. The molecule has 1 N–H and O–H groups in total. The standard InChI is InChI=1S/C21H34N4OS/c1-15(2)22-20(26)14-24-10-6-16(7-11-24)21-23-18-8-12-25(17-4-3-5-17)13-9-19(18)27-21/h15-17H,3-14H2,1-2H3,(H,22,26). The Kier molecular flexibility index (Phi) is 6.15. The number of hydrogen-bond donors (Lipinski definition) is 1. The maximum Gasteiger partial charge on any atom is 0.234 e. The number of nitrogens with one attached hydrogen (secondary N) is 1. The van der Waals surface area contributed by atoms with Crippen LogP contribution in [0, 0.1) is 0 Å². The fraction of sp³-hybridized carbons (Fsp3) is 0.810. The van der Waals surface area contributed by atoms with Crippen molar-refractivity contribution in [2.24, 2.45) is 0 Å². The van der Waals surface area contributed by atoms with Crippen LogP contribution in [0.3, 0.4) is 0 Å². The normalized spacial score (nSPS) is 23.1. The quantitative estimate of drug-likeness (QED) is 0.840. The highest BCUT2D eigenvalue weighted by Gasteiger charge is 2.29. The van der Waals surface area contributed by atoms with Crippen LogP contribution in [0.2, 0.25) is 0 Å². The van der Waals surface area contributed by atoms with Gasteiger partial charge in [-0.3, -0.25) is 14.6 Å². The summed E-state index contributed by atoms with van der Waals surface area (Å²) in [5.74, 6) is 0.745. The zero-order valence-electron chi connectivity index (χ0n) is 16.9. The second-order valence-electron chi connectivity index (χ2n) is 8.82. The number of piperidine rings is 1. The fourth-order valence-corrected chi connectivity index (χ4v) is 5.87. The molecule has 0 radical (unpaired) electrons. The van der Waals surface area contributed by atoms with Crippen LogP contribution in [-0.2, 0) is 17.6 Å². The van der Waals surface area contributed by atoms with Crippen molar-refractivity contribution in [2.75, 3.05) is 32.7 Å². The summed E-state index contributed by atoms with van der Waals surface area (Å²) in [6, 6.07) is 1.08. The van der Waals surface area contributed by atoms with Crippen molar-refractivity contribution in [1.82, 2.24) is 20.1 Å². The number of aromatic nitrogens is 1. The van der Waals surface area contributed by atoms with Crippen molar-refractivity contribution in [3.8, 4) is 0 Å². The number of carbonyl (C=O) groups is 1. The first kappa shape index (κ1) is 19.3. The summed E-state index contributed by atoms with van der Waals surface area (Å²) in [6.07, 6.45) is 8.82. The third kappa shape index (κ3) is 4.72. The predicted octanol–water partition coefficient (Wildman–Crippen LogP) is 2.80. The van der Waals surface area contributed by atoms with Gasteiger partial charge in [-0.25, -0.2) is 4.98 Å². The van der Waals surface area contributed by atoms with Crippen molar-refractivity contribution in [2.45, 2.75) is 76.8 Å². The van der Waals surface area contributed by atoms with Crippen LogP contribution in [0.15, 0.2) is 0 Å².